The molecule has 2 rings (SSSR count). The van der Waals surface area contributed by atoms with E-state index in [1.807, 2.05) is 31.2 Å². The van der Waals surface area contributed by atoms with Crippen LogP contribution in [0.25, 0.3) is 0 Å². The molecule has 1 aliphatic heterocycles. The van der Waals surface area contributed by atoms with Gasteiger partial charge in [0.25, 0.3) is 0 Å². The van der Waals surface area contributed by atoms with Gasteiger partial charge in [0.2, 0.25) is 15.9 Å². The number of rotatable bonds is 7. The minimum atomic E-state index is -3.38. The largest absolute Gasteiger partial charge is 0.308 e. The van der Waals surface area contributed by atoms with Crippen LogP contribution in [0.15, 0.2) is 24.3 Å². The van der Waals surface area contributed by atoms with Gasteiger partial charge < -0.3 is 4.90 Å². The summed E-state index contributed by atoms with van der Waals surface area (Å²) in [7, 11) is -3.38. The zero-order valence-corrected chi connectivity index (χ0v) is 15.0. The van der Waals surface area contributed by atoms with Gasteiger partial charge in [0, 0.05) is 18.3 Å². The number of amides is 1. The van der Waals surface area contributed by atoms with Crippen molar-refractivity contribution in [3.8, 4) is 0 Å². The molecule has 5 nitrogen and oxygen atoms in total. The number of benzene rings is 1. The lowest BCUT2D eigenvalue weighted by Gasteiger charge is -2.26. The molecule has 0 saturated carbocycles. The fourth-order valence-corrected chi connectivity index (χ4v) is 3.88. The Morgan fingerprint density at radius 3 is 2.65 bits per heavy atom. The molecule has 0 fully saturated rings. The van der Waals surface area contributed by atoms with Crippen molar-refractivity contribution in [1.29, 1.82) is 0 Å². The fourth-order valence-electron chi connectivity index (χ4n) is 3.07. The van der Waals surface area contributed by atoms with Crippen molar-refractivity contribution in [3.63, 3.8) is 0 Å². The molecule has 23 heavy (non-hydrogen) atoms. The molecule has 1 aromatic carbocycles. The highest BCUT2D eigenvalue weighted by Crippen LogP contribution is 2.31. The summed E-state index contributed by atoms with van der Waals surface area (Å²) >= 11 is 0. The van der Waals surface area contributed by atoms with Crippen LogP contribution in [0.4, 0.5) is 5.69 Å². The maximum absolute atomic E-state index is 12.7. The molecule has 1 heterocycles. The van der Waals surface area contributed by atoms with Gasteiger partial charge in [-0.2, -0.15) is 4.31 Å². The molecule has 0 aliphatic carbocycles. The van der Waals surface area contributed by atoms with E-state index in [0.717, 1.165) is 36.9 Å². The third kappa shape index (κ3) is 4.32. The SMILES string of the molecule is CCCCCN(CC(=O)N1c2ccccc2CC1C)S(C)(=O)=O. The van der Waals surface area contributed by atoms with Gasteiger partial charge in [-0.05, 0) is 31.4 Å². The number of para-hydroxylation sites is 1. The van der Waals surface area contributed by atoms with Crippen molar-refractivity contribution >= 4 is 21.6 Å². The Kier molecular flexibility index (Phi) is 5.81. The van der Waals surface area contributed by atoms with E-state index in [1.54, 1.807) is 4.90 Å². The summed E-state index contributed by atoms with van der Waals surface area (Å²) in [5.41, 5.74) is 2.05. The predicted molar refractivity (Wildman–Crippen MR) is 93.0 cm³/mol. The van der Waals surface area contributed by atoms with E-state index in [1.165, 1.54) is 10.6 Å². The minimum absolute atomic E-state index is 0.0666. The van der Waals surface area contributed by atoms with Gasteiger partial charge in [-0.15, -0.1) is 0 Å². The van der Waals surface area contributed by atoms with Gasteiger partial charge in [-0.3, -0.25) is 4.79 Å². The quantitative estimate of drug-likeness (QED) is 0.718. The summed E-state index contributed by atoms with van der Waals surface area (Å²) in [6.07, 6.45) is 4.75. The number of carbonyl (C=O) groups excluding carboxylic acids is 1. The van der Waals surface area contributed by atoms with Crippen molar-refractivity contribution in [1.82, 2.24) is 4.31 Å². The van der Waals surface area contributed by atoms with Crippen LogP contribution in [0.3, 0.4) is 0 Å². The molecule has 1 amide bonds. The van der Waals surface area contributed by atoms with Crippen LogP contribution in [0.2, 0.25) is 0 Å². The van der Waals surface area contributed by atoms with Crippen molar-refractivity contribution in [2.75, 3.05) is 24.2 Å². The monoisotopic (exact) mass is 338 g/mol. The smallest absolute Gasteiger partial charge is 0.242 e. The van der Waals surface area contributed by atoms with E-state index in [2.05, 4.69) is 6.92 Å². The first-order valence-electron chi connectivity index (χ1n) is 8.19. The fraction of sp³-hybridized carbons (Fsp3) is 0.588. The average molecular weight is 338 g/mol. The molecule has 1 aromatic rings. The zero-order valence-electron chi connectivity index (χ0n) is 14.2. The molecule has 0 spiro atoms. The number of fused-ring (bicyclic) bond motifs is 1. The minimum Gasteiger partial charge on any atom is -0.308 e. The van der Waals surface area contributed by atoms with Gasteiger partial charge >= 0.3 is 0 Å². The Labute approximate surface area is 139 Å². The van der Waals surface area contributed by atoms with E-state index in [4.69, 9.17) is 0 Å². The Bertz CT molecular complexity index is 658. The Hall–Kier alpha value is -1.40. The number of unbranched alkanes of at least 4 members (excludes halogenated alkanes) is 2. The van der Waals surface area contributed by atoms with Crippen LogP contribution in [0.5, 0.6) is 0 Å². The summed E-state index contributed by atoms with van der Waals surface area (Å²) in [5.74, 6) is -0.149. The van der Waals surface area contributed by atoms with Crippen LogP contribution in [0.1, 0.15) is 38.7 Å². The van der Waals surface area contributed by atoms with Crippen molar-refractivity contribution in [2.24, 2.45) is 0 Å². The third-order valence-corrected chi connectivity index (χ3v) is 5.52. The van der Waals surface area contributed by atoms with Crippen LogP contribution in [-0.4, -0.2) is 44.0 Å². The zero-order chi connectivity index (χ0) is 17.0. The van der Waals surface area contributed by atoms with Crippen molar-refractivity contribution in [3.05, 3.63) is 29.8 Å². The first-order chi connectivity index (χ1) is 10.8. The third-order valence-electron chi connectivity index (χ3n) is 4.27. The standard InChI is InChI=1S/C17H26N2O3S/c1-4-5-8-11-18(23(3,21)22)13-17(20)19-14(2)12-15-9-6-7-10-16(15)19/h6-7,9-10,14H,4-5,8,11-13H2,1-3H3. The van der Waals surface area contributed by atoms with Gasteiger partial charge in [0.05, 0.1) is 12.8 Å². The van der Waals surface area contributed by atoms with Crippen LogP contribution in [0, 0.1) is 0 Å². The Morgan fingerprint density at radius 1 is 1.30 bits per heavy atom. The highest BCUT2D eigenvalue weighted by molar-refractivity contribution is 7.88. The average Bonchev–Trinajstić information content (AvgIpc) is 2.81. The van der Waals surface area contributed by atoms with Crippen LogP contribution >= 0.6 is 0 Å². The molecule has 0 N–H and O–H groups in total. The van der Waals surface area contributed by atoms with E-state index >= 15 is 0 Å². The molecule has 0 saturated heterocycles. The molecule has 0 radical (unpaired) electrons. The Morgan fingerprint density at radius 2 is 2.00 bits per heavy atom. The van der Waals surface area contributed by atoms with E-state index < -0.39 is 10.0 Å². The number of hydrogen-bond acceptors (Lipinski definition) is 3. The molecule has 1 aliphatic rings. The lowest BCUT2D eigenvalue weighted by molar-refractivity contribution is -0.119. The molecule has 1 atom stereocenters. The number of sulfonamides is 1. The molecule has 0 aromatic heterocycles. The first kappa shape index (κ1) is 17.9. The molecule has 1 unspecified atom stereocenters. The van der Waals surface area contributed by atoms with Gasteiger partial charge in [0.1, 0.15) is 0 Å². The number of hydrogen-bond donors (Lipinski definition) is 0. The second-order valence-electron chi connectivity index (χ2n) is 6.25. The van der Waals surface area contributed by atoms with Crippen LogP contribution < -0.4 is 4.90 Å². The summed E-state index contributed by atoms with van der Waals surface area (Å²) in [6, 6.07) is 7.89. The van der Waals surface area contributed by atoms with Crippen molar-refractivity contribution < 1.29 is 13.2 Å². The second kappa shape index (κ2) is 7.45. The van der Waals surface area contributed by atoms with E-state index in [9.17, 15) is 13.2 Å². The maximum Gasteiger partial charge on any atom is 0.242 e. The number of nitrogens with zero attached hydrogens (tertiary/aromatic N) is 2. The summed E-state index contributed by atoms with van der Waals surface area (Å²) in [5, 5.41) is 0. The molecule has 6 heteroatoms. The molecule has 128 valence electrons. The highest BCUT2D eigenvalue weighted by atomic mass is 32.2. The summed E-state index contributed by atoms with van der Waals surface area (Å²) in [4.78, 5) is 14.5. The van der Waals surface area contributed by atoms with Gasteiger partial charge in [-0.1, -0.05) is 38.0 Å². The topological polar surface area (TPSA) is 57.7 Å². The summed E-state index contributed by atoms with van der Waals surface area (Å²) in [6.45, 7) is 4.39. The maximum atomic E-state index is 12.7. The highest BCUT2D eigenvalue weighted by Gasteiger charge is 2.32. The normalized spacial score (nSPS) is 17.6. The van der Waals surface area contributed by atoms with Crippen LogP contribution in [-0.2, 0) is 21.2 Å². The lowest BCUT2D eigenvalue weighted by Crippen LogP contribution is -2.45. The molecular weight excluding hydrogens is 312 g/mol. The van der Waals surface area contributed by atoms with Gasteiger partial charge in [-0.25, -0.2) is 8.42 Å². The number of carbonyl (C=O) groups is 1. The van der Waals surface area contributed by atoms with E-state index in [-0.39, 0.29) is 18.5 Å². The predicted octanol–water partition coefficient (Wildman–Crippen LogP) is 2.42. The van der Waals surface area contributed by atoms with Gasteiger partial charge in [0.15, 0.2) is 0 Å². The second-order valence-corrected chi connectivity index (χ2v) is 8.23. The number of anilines is 1. The van der Waals surface area contributed by atoms with Crippen molar-refractivity contribution in [2.45, 2.75) is 45.6 Å². The summed E-state index contributed by atoms with van der Waals surface area (Å²) < 4.78 is 25.2. The molecule has 0 bridgehead atoms. The molecular formula is C17H26N2O3S. The Balaban J connectivity index is 2.12. The first-order valence-corrected chi connectivity index (χ1v) is 10.0. The lowest BCUT2D eigenvalue weighted by atomic mass is 10.1. The van der Waals surface area contributed by atoms with E-state index in [0.29, 0.717) is 6.54 Å².